The second-order valence-electron chi connectivity index (χ2n) is 8.27. The van der Waals surface area contributed by atoms with Gasteiger partial charge in [0.2, 0.25) is 6.54 Å². The molecule has 0 fully saturated rings. The minimum Gasteiger partial charge on any atom is -0.493 e. The molecule has 1 aromatic heterocycles. The Morgan fingerprint density at radius 2 is 1.81 bits per heavy atom. The zero-order chi connectivity index (χ0) is 26.5. The summed E-state index contributed by atoms with van der Waals surface area (Å²) in [5.74, 6) is 1.66. The van der Waals surface area contributed by atoms with Crippen molar-refractivity contribution in [1.29, 1.82) is 0 Å². The van der Waals surface area contributed by atoms with Crippen molar-refractivity contribution in [3.05, 3.63) is 103 Å². The Balaban J connectivity index is 1.64. The first-order valence-electron chi connectivity index (χ1n) is 11.3. The maximum absolute atomic E-state index is 11.6. The van der Waals surface area contributed by atoms with E-state index in [1.807, 2.05) is 60.9 Å². The van der Waals surface area contributed by atoms with Crippen molar-refractivity contribution in [3.8, 4) is 17.2 Å². The van der Waals surface area contributed by atoms with Gasteiger partial charge >= 0.3 is 0 Å². The van der Waals surface area contributed by atoms with Gasteiger partial charge in [0.1, 0.15) is 17.7 Å². The number of nitro groups is 1. The van der Waals surface area contributed by atoms with E-state index in [1.54, 1.807) is 18.2 Å². The van der Waals surface area contributed by atoms with Crippen molar-refractivity contribution < 1.29 is 14.4 Å². The molecular weight excluding hydrogens is 580 g/mol. The highest BCUT2D eigenvalue weighted by Gasteiger charge is 2.26. The molecule has 37 heavy (non-hydrogen) atoms. The first-order valence-corrected chi connectivity index (χ1v) is 13.3. The molecule has 0 saturated carbocycles. The van der Waals surface area contributed by atoms with Gasteiger partial charge in [-0.05, 0) is 77.3 Å². The maximum atomic E-state index is 11.6. The average molecular weight is 604 g/mol. The number of aryl methyl sites for hydroxylation is 2. The number of hydrogen-bond donors (Lipinski definition) is 0. The summed E-state index contributed by atoms with van der Waals surface area (Å²) in [5, 5.41) is 20.8. The Hall–Kier alpha value is -3.08. The van der Waals surface area contributed by atoms with Crippen molar-refractivity contribution in [1.82, 2.24) is 14.8 Å². The molecule has 0 aliphatic carbocycles. The van der Waals surface area contributed by atoms with Crippen molar-refractivity contribution in [2.24, 2.45) is 0 Å². The predicted molar refractivity (Wildman–Crippen MR) is 148 cm³/mol. The SMILES string of the molecule is COc1cc([C@H](C[N+](=O)[O-])Sc2nnc(C)n2-c2ccc(C)cc2)cc(Br)c1OCc1ccc(Cl)cc1. The summed E-state index contributed by atoms with van der Waals surface area (Å²) in [4.78, 5) is 11.3. The summed E-state index contributed by atoms with van der Waals surface area (Å²) < 4.78 is 14.1. The Morgan fingerprint density at radius 3 is 2.46 bits per heavy atom. The topological polar surface area (TPSA) is 92.3 Å². The molecule has 0 bridgehead atoms. The lowest BCUT2D eigenvalue weighted by Crippen LogP contribution is -2.12. The van der Waals surface area contributed by atoms with E-state index in [9.17, 15) is 10.1 Å². The van der Waals surface area contributed by atoms with Crippen LogP contribution in [-0.2, 0) is 6.61 Å². The highest BCUT2D eigenvalue weighted by atomic mass is 79.9. The fourth-order valence-electron chi connectivity index (χ4n) is 3.69. The Bertz CT molecular complexity index is 1400. The third-order valence-electron chi connectivity index (χ3n) is 5.57. The number of hydrogen-bond acceptors (Lipinski definition) is 7. The Labute approximate surface area is 232 Å². The summed E-state index contributed by atoms with van der Waals surface area (Å²) in [6.07, 6.45) is 0. The molecule has 0 amide bonds. The minimum absolute atomic E-state index is 0.303. The van der Waals surface area contributed by atoms with Gasteiger partial charge in [0, 0.05) is 15.6 Å². The van der Waals surface area contributed by atoms with Crippen LogP contribution < -0.4 is 9.47 Å². The first-order chi connectivity index (χ1) is 17.7. The number of halogens is 2. The summed E-state index contributed by atoms with van der Waals surface area (Å²) in [7, 11) is 1.54. The van der Waals surface area contributed by atoms with E-state index in [0.29, 0.717) is 44.1 Å². The molecule has 0 radical (unpaired) electrons. The predicted octanol–water partition coefficient (Wildman–Crippen LogP) is 7.00. The van der Waals surface area contributed by atoms with E-state index in [4.69, 9.17) is 21.1 Å². The first kappa shape index (κ1) is 27.0. The van der Waals surface area contributed by atoms with Crippen LogP contribution in [0.4, 0.5) is 0 Å². The molecular formula is C26H24BrClN4O4S. The van der Waals surface area contributed by atoms with E-state index >= 15 is 0 Å². The zero-order valence-electron chi connectivity index (χ0n) is 20.4. The monoisotopic (exact) mass is 602 g/mol. The second-order valence-corrected chi connectivity index (χ2v) is 10.7. The lowest BCUT2D eigenvalue weighted by Gasteiger charge is -2.18. The third kappa shape index (κ3) is 6.63. The van der Waals surface area contributed by atoms with Crippen LogP contribution in [0, 0.1) is 24.0 Å². The molecule has 0 spiro atoms. The molecule has 11 heteroatoms. The zero-order valence-corrected chi connectivity index (χ0v) is 23.5. The van der Waals surface area contributed by atoms with E-state index in [1.165, 1.54) is 18.9 Å². The van der Waals surface area contributed by atoms with Gasteiger partial charge in [0.05, 0.1) is 11.6 Å². The molecule has 0 saturated heterocycles. The van der Waals surface area contributed by atoms with Crippen LogP contribution in [0.5, 0.6) is 11.5 Å². The standard InChI is InChI=1S/C26H24BrClN4O4S/c1-16-4-10-21(11-5-16)32-17(2)29-30-26(32)37-24(14-31(33)34)19-12-22(27)25(23(13-19)35-3)36-15-18-6-8-20(28)9-7-18/h4-13,24H,14-15H2,1-3H3/t24-/m0/s1. The molecule has 0 unspecified atom stereocenters. The molecule has 3 aromatic carbocycles. The highest BCUT2D eigenvalue weighted by Crippen LogP contribution is 2.43. The number of aromatic nitrogens is 3. The van der Waals surface area contributed by atoms with Crippen LogP contribution in [0.2, 0.25) is 5.02 Å². The number of methoxy groups -OCH3 is 1. The van der Waals surface area contributed by atoms with Crippen molar-refractivity contribution >= 4 is 39.3 Å². The number of nitrogens with zero attached hydrogens (tertiary/aromatic N) is 4. The molecule has 1 atom stereocenters. The lowest BCUT2D eigenvalue weighted by molar-refractivity contribution is -0.479. The largest absolute Gasteiger partial charge is 0.493 e. The Kier molecular flexibility index (Phi) is 8.73. The normalized spacial score (nSPS) is 11.8. The fourth-order valence-corrected chi connectivity index (χ4v) is 5.54. The van der Waals surface area contributed by atoms with Gasteiger partial charge in [-0.1, -0.05) is 53.2 Å². The molecule has 0 aliphatic rings. The molecule has 0 aliphatic heterocycles. The minimum atomic E-state index is -0.557. The molecule has 4 rings (SSSR count). The van der Waals surface area contributed by atoms with Gasteiger partial charge < -0.3 is 9.47 Å². The summed E-state index contributed by atoms with van der Waals surface area (Å²) in [6.45, 7) is 3.86. The van der Waals surface area contributed by atoms with Crippen LogP contribution in [0.15, 0.2) is 70.3 Å². The van der Waals surface area contributed by atoms with Gasteiger partial charge in [-0.3, -0.25) is 14.7 Å². The second kappa shape index (κ2) is 12.0. The number of thioether (sulfide) groups is 1. The van der Waals surface area contributed by atoms with Gasteiger partial charge in [0.25, 0.3) is 0 Å². The number of ether oxygens (including phenoxy) is 2. The smallest absolute Gasteiger partial charge is 0.220 e. The molecule has 8 nitrogen and oxygen atoms in total. The molecule has 4 aromatic rings. The van der Waals surface area contributed by atoms with Gasteiger partial charge in [-0.25, -0.2) is 0 Å². The summed E-state index contributed by atoms with van der Waals surface area (Å²) in [6, 6.07) is 18.9. The van der Waals surface area contributed by atoms with Crippen LogP contribution in [0.3, 0.4) is 0 Å². The van der Waals surface area contributed by atoms with Crippen LogP contribution in [0.25, 0.3) is 5.69 Å². The highest BCUT2D eigenvalue weighted by molar-refractivity contribution is 9.10. The van der Waals surface area contributed by atoms with Gasteiger partial charge in [-0.15, -0.1) is 10.2 Å². The molecule has 1 heterocycles. The molecule has 0 N–H and O–H groups in total. The van der Waals surface area contributed by atoms with Gasteiger partial charge in [-0.2, -0.15) is 0 Å². The number of benzene rings is 3. The number of rotatable bonds is 10. The van der Waals surface area contributed by atoms with Crippen molar-refractivity contribution in [2.45, 2.75) is 30.9 Å². The van der Waals surface area contributed by atoms with E-state index in [-0.39, 0.29) is 11.5 Å². The van der Waals surface area contributed by atoms with E-state index in [2.05, 4.69) is 26.1 Å². The Morgan fingerprint density at radius 1 is 1.11 bits per heavy atom. The van der Waals surface area contributed by atoms with E-state index in [0.717, 1.165) is 16.8 Å². The molecule has 192 valence electrons. The van der Waals surface area contributed by atoms with Crippen LogP contribution in [0.1, 0.15) is 27.8 Å². The van der Waals surface area contributed by atoms with Crippen LogP contribution in [-0.4, -0.2) is 33.3 Å². The van der Waals surface area contributed by atoms with Crippen LogP contribution >= 0.6 is 39.3 Å². The summed E-state index contributed by atoms with van der Waals surface area (Å²) in [5.41, 5.74) is 3.65. The van der Waals surface area contributed by atoms with E-state index < -0.39 is 5.25 Å². The van der Waals surface area contributed by atoms with Crippen molar-refractivity contribution in [2.75, 3.05) is 13.7 Å². The quantitative estimate of drug-likeness (QED) is 0.109. The lowest BCUT2D eigenvalue weighted by atomic mass is 10.1. The van der Waals surface area contributed by atoms with Crippen molar-refractivity contribution in [3.63, 3.8) is 0 Å². The van der Waals surface area contributed by atoms with Gasteiger partial charge in [0.15, 0.2) is 16.7 Å². The third-order valence-corrected chi connectivity index (χ3v) is 7.59. The maximum Gasteiger partial charge on any atom is 0.220 e. The average Bonchev–Trinajstić information content (AvgIpc) is 3.23. The fraction of sp³-hybridized carbons (Fsp3) is 0.231. The summed E-state index contributed by atoms with van der Waals surface area (Å²) >= 11 is 10.8.